The lowest BCUT2D eigenvalue weighted by Gasteiger charge is -2.12. The third-order valence-corrected chi connectivity index (χ3v) is 5.17. The minimum Gasteiger partial charge on any atom is -0.381 e. The molecule has 0 radical (unpaired) electrons. The molecule has 0 bridgehead atoms. The number of nitrogens with zero attached hydrogens (tertiary/aromatic N) is 1. The number of Topliss-reactive ketones (excluding diaryl/α,β-unsaturated/α-hetero) is 1. The Morgan fingerprint density at radius 2 is 1.88 bits per heavy atom. The molecule has 1 unspecified atom stereocenters. The Balaban J connectivity index is 2.41. The van der Waals surface area contributed by atoms with Crippen LogP contribution in [0.1, 0.15) is 28.5 Å². The quantitative estimate of drug-likeness (QED) is 0.764. The Kier molecular flexibility index (Phi) is 5.26. The number of nitrogens with one attached hydrogen (secondary N) is 1. The zero-order chi connectivity index (χ0) is 18.2. The second-order valence-electron chi connectivity index (χ2n) is 4.78. The summed E-state index contributed by atoms with van der Waals surface area (Å²) in [6, 6.07) is 1.40. The largest absolute Gasteiger partial charge is 0.416 e. The van der Waals surface area contributed by atoms with Crippen LogP contribution >= 0.6 is 23.2 Å². The number of nitrogens with two attached hydrogens (primary N) is 1. The van der Waals surface area contributed by atoms with Crippen molar-refractivity contribution < 1.29 is 22.2 Å². The van der Waals surface area contributed by atoms with Crippen LogP contribution in [0.15, 0.2) is 17.0 Å². The molecular weight excluding hydrogens is 390 g/mol. The minimum absolute atomic E-state index is 0.0328. The molecule has 5 nitrogen and oxygen atoms in total. The van der Waals surface area contributed by atoms with Crippen molar-refractivity contribution in [3.63, 3.8) is 0 Å². The highest BCUT2D eigenvalue weighted by Gasteiger charge is 2.32. The van der Waals surface area contributed by atoms with Crippen molar-refractivity contribution in [1.29, 1.82) is 0 Å². The molecule has 130 valence electrons. The zero-order valence-corrected chi connectivity index (χ0v) is 14.3. The van der Waals surface area contributed by atoms with E-state index in [-0.39, 0.29) is 37.8 Å². The van der Waals surface area contributed by atoms with E-state index in [4.69, 9.17) is 28.9 Å². The molecule has 0 amide bonds. The average Bonchev–Trinajstić information content (AvgIpc) is 2.83. The average molecular weight is 400 g/mol. The molecule has 11 heteroatoms. The number of halogens is 5. The fourth-order valence-corrected chi connectivity index (χ4v) is 4.12. The van der Waals surface area contributed by atoms with Crippen LogP contribution in [-0.4, -0.2) is 20.2 Å². The van der Waals surface area contributed by atoms with Gasteiger partial charge in [0.2, 0.25) is 0 Å². The molecule has 0 aliphatic heterocycles. The summed E-state index contributed by atoms with van der Waals surface area (Å²) in [6.07, 6.45) is -4.61. The summed E-state index contributed by atoms with van der Waals surface area (Å²) in [5, 5.41) is 5.42. The highest BCUT2D eigenvalue weighted by atomic mass is 35.5. The minimum atomic E-state index is -4.61. The molecule has 2 aromatic rings. The molecule has 0 fully saturated rings. The maximum absolute atomic E-state index is 12.7. The van der Waals surface area contributed by atoms with Crippen LogP contribution < -0.4 is 5.73 Å². The van der Waals surface area contributed by atoms with E-state index in [1.165, 1.54) is 6.92 Å². The highest BCUT2D eigenvalue weighted by molar-refractivity contribution is 7.84. The van der Waals surface area contributed by atoms with E-state index >= 15 is 0 Å². The van der Waals surface area contributed by atoms with Crippen molar-refractivity contribution in [2.24, 2.45) is 0 Å². The van der Waals surface area contributed by atoms with Crippen molar-refractivity contribution in [2.75, 3.05) is 5.73 Å². The molecular formula is C13H10Cl2F3N3O2S. The lowest BCUT2D eigenvalue weighted by atomic mass is 10.1. The van der Waals surface area contributed by atoms with Gasteiger partial charge >= 0.3 is 6.18 Å². The van der Waals surface area contributed by atoms with Crippen LogP contribution in [0.3, 0.4) is 0 Å². The Labute approximate surface area is 146 Å². The van der Waals surface area contributed by atoms with Gasteiger partial charge in [-0.2, -0.15) is 18.3 Å². The van der Waals surface area contributed by atoms with Crippen molar-refractivity contribution >= 4 is 45.6 Å². The number of alkyl halides is 3. The lowest BCUT2D eigenvalue weighted by molar-refractivity contribution is -0.137. The topological polar surface area (TPSA) is 88.8 Å². The molecule has 1 heterocycles. The summed E-state index contributed by atoms with van der Waals surface area (Å²) >= 11 is 11.7. The number of ketones is 1. The number of H-pyrrole nitrogens is 1. The molecule has 0 aliphatic rings. The summed E-state index contributed by atoms with van der Waals surface area (Å²) < 4.78 is 50.6. The molecule has 1 aromatic carbocycles. The zero-order valence-electron chi connectivity index (χ0n) is 12.0. The monoisotopic (exact) mass is 399 g/mol. The van der Waals surface area contributed by atoms with Crippen molar-refractivity contribution in [2.45, 2.75) is 23.7 Å². The van der Waals surface area contributed by atoms with E-state index in [9.17, 15) is 22.2 Å². The third-order valence-electron chi connectivity index (χ3n) is 3.07. The van der Waals surface area contributed by atoms with Crippen molar-refractivity contribution in [3.05, 3.63) is 39.0 Å². The van der Waals surface area contributed by atoms with Crippen LogP contribution in [0.5, 0.6) is 0 Å². The molecule has 1 atom stereocenters. The maximum Gasteiger partial charge on any atom is 0.416 e. The van der Waals surface area contributed by atoms with Crippen molar-refractivity contribution in [3.8, 4) is 0 Å². The van der Waals surface area contributed by atoms with Crippen LogP contribution in [0, 0.1) is 0 Å². The Morgan fingerprint density at radius 1 is 1.33 bits per heavy atom. The van der Waals surface area contributed by atoms with Gasteiger partial charge in [-0.1, -0.05) is 23.2 Å². The standard InChI is InChI=1S/C13H10Cl2F3N3O2S/c1-5(22)10-11(12(19)21-20-10)24(23)4-7-8(14)2-6(3-9(7)15)13(16,17)18/h2-3H,4H2,1H3,(H3,19,20,21). The third kappa shape index (κ3) is 3.73. The fraction of sp³-hybridized carbons (Fsp3) is 0.231. The van der Waals surface area contributed by atoms with Gasteiger partial charge in [0, 0.05) is 22.5 Å². The molecule has 0 saturated heterocycles. The van der Waals surface area contributed by atoms with Gasteiger partial charge in [0.1, 0.15) is 10.6 Å². The van der Waals surface area contributed by atoms with Gasteiger partial charge in [0.25, 0.3) is 0 Å². The number of carbonyl (C=O) groups is 1. The first kappa shape index (κ1) is 18.8. The van der Waals surface area contributed by atoms with Gasteiger partial charge in [0.05, 0.1) is 22.1 Å². The van der Waals surface area contributed by atoms with Crippen molar-refractivity contribution in [1.82, 2.24) is 10.2 Å². The Bertz CT molecular complexity index is 813. The van der Waals surface area contributed by atoms with E-state index in [1.807, 2.05) is 0 Å². The van der Waals surface area contributed by atoms with E-state index in [0.717, 1.165) is 0 Å². The Morgan fingerprint density at radius 3 is 2.33 bits per heavy atom. The number of rotatable bonds is 4. The molecule has 0 aliphatic carbocycles. The molecule has 0 saturated carbocycles. The van der Waals surface area contributed by atoms with E-state index in [0.29, 0.717) is 12.1 Å². The first-order valence-corrected chi connectivity index (χ1v) is 8.38. The van der Waals surface area contributed by atoms with Gasteiger partial charge in [-0.05, 0) is 12.1 Å². The Hall–Kier alpha value is -1.58. The van der Waals surface area contributed by atoms with Gasteiger partial charge in [-0.15, -0.1) is 0 Å². The molecule has 24 heavy (non-hydrogen) atoms. The second-order valence-corrected chi connectivity index (χ2v) is 6.98. The maximum atomic E-state index is 12.7. The summed E-state index contributed by atoms with van der Waals surface area (Å²) in [5.74, 6) is -0.898. The SMILES string of the molecule is CC(=O)c1[nH]nc(N)c1S(=O)Cc1c(Cl)cc(C(F)(F)F)cc1Cl. The summed E-state index contributed by atoms with van der Waals surface area (Å²) in [5.41, 5.74) is 4.59. The summed E-state index contributed by atoms with van der Waals surface area (Å²) in [6.45, 7) is 1.23. The van der Waals surface area contributed by atoms with Gasteiger partial charge < -0.3 is 5.73 Å². The second kappa shape index (κ2) is 6.73. The predicted octanol–water partition coefficient (Wildman–Crippen LogP) is 3.83. The van der Waals surface area contributed by atoms with E-state index in [1.54, 1.807) is 0 Å². The number of aromatic amines is 1. The first-order valence-electron chi connectivity index (χ1n) is 6.30. The van der Waals surface area contributed by atoms with E-state index in [2.05, 4.69) is 10.2 Å². The predicted molar refractivity (Wildman–Crippen MR) is 84.6 cm³/mol. The van der Waals surface area contributed by atoms with Crippen LogP contribution in [-0.2, 0) is 22.7 Å². The number of aromatic nitrogens is 2. The van der Waals surface area contributed by atoms with Crippen LogP contribution in [0.2, 0.25) is 10.0 Å². The number of carbonyl (C=O) groups excluding carboxylic acids is 1. The number of anilines is 1. The van der Waals surface area contributed by atoms with Crippen LogP contribution in [0.4, 0.5) is 19.0 Å². The van der Waals surface area contributed by atoms with Crippen LogP contribution in [0.25, 0.3) is 0 Å². The molecule has 1 aromatic heterocycles. The summed E-state index contributed by atoms with van der Waals surface area (Å²) in [4.78, 5) is 11.5. The summed E-state index contributed by atoms with van der Waals surface area (Å²) in [7, 11) is -1.89. The molecule has 3 N–H and O–H groups in total. The van der Waals surface area contributed by atoms with Gasteiger partial charge in [-0.25, -0.2) is 0 Å². The number of benzene rings is 1. The molecule has 2 rings (SSSR count). The molecule has 0 spiro atoms. The number of nitrogen functional groups attached to an aromatic ring is 1. The van der Waals surface area contributed by atoms with Gasteiger partial charge in [-0.3, -0.25) is 14.1 Å². The smallest absolute Gasteiger partial charge is 0.381 e. The lowest BCUT2D eigenvalue weighted by Crippen LogP contribution is -2.08. The number of hydrogen-bond donors (Lipinski definition) is 2. The first-order chi connectivity index (χ1) is 11.0. The number of hydrogen-bond acceptors (Lipinski definition) is 4. The highest BCUT2D eigenvalue weighted by Crippen LogP contribution is 2.37. The van der Waals surface area contributed by atoms with Gasteiger partial charge in [0.15, 0.2) is 11.6 Å². The fourth-order valence-electron chi connectivity index (χ4n) is 1.92. The normalized spacial score (nSPS) is 13.1. The van der Waals surface area contributed by atoms with E-state index < -0.39 is 28.3 Å².